The molecule has 86 valence electrons. The Labute approximate surface area is 104 Å². The highest BCUT2D eigenvalue weighted by Crippen LogP contribution is 2.30. The van der Waals surface area contributed by atoms with Crippen LogP contribution in [0.1, 0.15) is 11.8 Å². The van der Waals surface area contributed by atoms with Gasteiger partial charge in [0.1, 0.15) is 0 Å². The van der Waals surface area contributed by atoms with E-state index in [4.69, 9.17) is 0 Å². The van der Waals surface area contributed by atoms with E-state index in [0.717, 1.165) is 17.4 Å². The second-order valence-electron chi connectivity index (χ2n) is 4.00. The molecule has 1 N–H and O–H groups in total. The first-order chi connectivity index (χ1) is 8.28. The Morgan fingerprint density at radius 2 is 2.24 bits per heavy atom. The number of benzene rings is 1. The van der Waals surface area contributed by atoms with Gasteiger partial charge in [-0.15, -0.1) is 11.3 Å². The van der Waals surface area contributed by atoms with E-state index < -0.39 is 0 Å². The summed E-state index contributed by atoms with van der Waals surface area (Å²) in [6.07, 6.45) is 1.88. The lowest BCUT2D eigenvalue weighted by atomic mass is 10.2. The van der Waals surface area contributed by atoms with Crippen LogP contribution in [0.2, 0.25) is 0 Å². The fourth-order valence-corrected chi connectivity index (χ4v) is 2.90. The number of anilines is 1. The number of hydrogen-bond donors (Lipinski definition) is 1. The average Bonchev–Trinajstić information content (AvgIpc) is 2.70. The van der Waals surface area contributed by atoms with E-state index in [1.165, 1.54) is 15.0 Å². The van der Waals surface area contributed by atoms with Gasteiger partial charge >= 0.3 is 0 Å². The van der Waals surface area contributed by atoms with Gasteiger partial charge in [-0.3, -0.25) is 0 Å². The van der Waals surface area contributed by atoms with E-state index in [9.17, 15) is 0 Å². The minimum atomic E-state index is 0.705. The number of nitrogens with one attached hydrogen (secondary N) is 1. The molecule has 0 atom stereocenters. The van der Waals surface area contributed by atoms with Gasteiger partial charge in [0.2, 0.25) is 5.95 Å². The van der Waals surface area contributed by atoms with Crippen LogP contribution in [-0.4, -0.2) is 16.5 Å². The number of thiophene rings is 1. The Morgan fingerprint density at radius 1 is 1.35 bits per heavy atom. The number of rotatable bonds is 2. The monoisotopic (exact) mass is 243 g/mol. The molecular weight excluding hydrogens is 230 g/mol. The average molecular weight is 243 g/mol. The van der Waals surface area contributed by atoms with Crippen molar-refractivity contribution in [2.75, 3.05) is 11.9 Å². The maximum Gasteiger partial charge on any atom is 0.223 e. The zero-order valence-electron chi connectivity index (χ0n) is 9.82. The maximum atomic E-state index is 4.59. The molecule has 3 rings (SSSR count). The highest BCUT2D eigenvalue weighted by Gasteiger charge is 2.06. The molecule has 0 aliphatic rings. The van der Waals surface area contributed by atoms with Gasteiger partial charge < -0.3 is 5.32 Å². The van der Waals surface area contributed by atoms with Gasteiger partial charge in [0.05, 0.1) is 5.52 Å². The largest absolute Gasteiger partial charge is 0.354 e. The molecule has 2 aromatic heterocycles. The van der Waals surface area contributed by atoms with Gasteiger partial charge in [-0.05, 0) is 32.0 Å². The smallest absolute Gasteiger partial charge is 0.223 e. The third-order valence-electron chi connectivity index (χ3n) is 2.71. The van der Waals surface area contributed by atoms with Crippen molar-refractivity contribution < 1.29 is 0 Å². The number of aryl methyl sites for hydroxylation is 1. The van der Waals surface area contributed by atoms with E-state index in [2.05, 4.69) is 40.4 Å². The van der Waals surface area contributed by atoms with E-state index in [1.807, 2.05) is 13.1 Å². The lowest BCUT2D eigenvalue weighted by Gasteiger charge is -2.03. The zero-order chi connectivity index (χ0) is 11.8. The van der Waals surface area contributed by atoms with Crippen LogP contribution in [0.5, 0.6) is 0 Å². The third kappa shape index (κ3) is 1.74. The fourth-order valence-electron chi connectivity index (χ4n) is 1.98. The van der Waals surface area contributed by atoms with Crippen molar-refractivity contribution in [3.05, 3.63) is 29.3 Å². The molecule has 17 heavy (non-hydrogen) atoms. The van der Waals surface area contributed by atoms with Crippen LogP contribution in [0, 0.1) is 6.92 Å². The molecule has 3 nitrogen and oxygen atoms in total. The highest BCUT2D eigenvalue weighted by molar-refractivity contribution is 7.19. The molecule has 0 aliphatic carbocycles. The molecule has 0 saturated heterocycles. The predicted molar refractivity (Wildman–Crippen MR) is 73.8 cm³/mol. The molecule has 4 heteroatoms. The van der Waals surface area contributed by atoms with Gasteiger partial charge in [-0.25, -0.2) is 9.97 Å². The lowest BCUT2D eigenvalue weighted by molar-refractivity contribution is 1.11. The van der Waals surface area contributed by atoms with Crippen molar-refractivity contribution in [1.82, 2.24) is 9.97 Å². The SMILES string of the molecule is CCNc1ncc2ccc3sc(C)cc3c2n1. The molecule has 0 spiro atoms. The van der Waals surface area contributed by atoms with Crippen molar-refractivity contribution in [2.24, 2.45) is 0 Å². The Morgan fingerprint density at radius 3 is 3.06 bits per heavy atom. The Balaban J connectivity index is 2.33. The molecule has 0 bridgehead atoms. The lowest BCUT2D eigenvalue weighted by Crippen LogP contribution is -2.01. The summed E-state index contributed by atoms with van der Waals surface area (Å²) in [4.78, 5) is 10.2. The summed E-state index contributed by atoms with van der Waals surface area (Å²) >= 11 is 1.81. The first-order valence-corrected chi connectivity index (χ1v) is 6.49. The normalized spacial score (nSPS) is 11.2. The van der Waals surface area contributed by atoms with Crippen molar-refractivity contribution >= 4 is 38.3 Å². The Bertz CT molecular complexity index is 688. The topological polar surface area (TPSA) is 37.8 Å². The number of aromatic nitrogens is 2. The van der Waals surface area contributed by atoms with Crippen molar-refractivity contribution in [1.29, 1.82) is 0 Å². The van der Waals surface area contributed by atoms with Crippen LogP contribution in [0.25, 0.3) is 21.0 Å². The van der Waals surface area contributed by atoms with Gasteiger partial charge in [0.25, 0.3) is 0 Å². The predicted octanol–water partition coefficient (Wildman–Crippen LogP) is 3.58. The molecule has 0 radical (unpaired) electrons. The maximum absolute atomic E-state index is 4.59. The van der Waals surface area contributed by atoms with E-state index in [-0.39, 0.29) is 0 Å². The summed E-state index contributed by atoms with van der Waals surface area (Å²) in [5.74, 6) is 0.705. The summed E-state index contributed by atoms with van der Waals surface area (Å²) in [7, 11) is 0. The van der Waals surface area contributed by atoms with Crippen LogP contribution in [0.3, 0.4) is 0 Å². The fraction of sp³-hybridized carbons (Fsp3) is 0.231. The molecule has 0 unspecified atom stereocenters. The Hall–Kier alpha value is -1.68. The molecule has 0 aliphatic heterocycles. The van der Waals surface area contributed by atoms with E-state index >= 15 is 0 Å². The summed E-state index contributed by atoms with van der Waals surface area (Å²) in [5.41, 5.74) is 1.04. The van der Waals surface area contributed by atoms with Crippen molar-refractivity contribution in [3.63, 3.8) is 0 Å². The summed E-state index contributed by atoms with van der Waals surface area (Å²) in [6, 6.07) is 6.43. The van der Waals surface area contributed by atoms with Gasteiger partial charge in [-0.1, -0.05) is 0 Å². The first kappa shape index (κ1) is 10.5. The number of nitrogens with zero attached hydrogens (tertiary/aromatic N) is 2. The zero-order valence-corrected chi connectivity index (χ0v) is 10.6. The van der Waals surface area contributed by atoms with Crippen LogP contribution in [0.4, 0.5) is 5.95 Å². The van der Waals surface area contributed by atoms with Gasteiger partial charge in [0, 0.05) is 33.1 Å². The van der Waals surface area contributed by atoms with Crippen molar-refractivity contribution in [2.45, 2.75) is 13.8 Å². The van der Waals surface area contributed by atoms with Crippen LogP contribution in [-0.2, 0) is 0 Å². The van der Waals surface area contributed by atoms with Gasteiger partial charge in [-0.2, -0.15) is 0 Å². The van der Waals surface area contributed by atoms with Gasteiger partial charge in [0.15, 0.2) is 0 Å². The molecule has 0 fully saturated rings. The first-order valence-electron chi connectivity index (χ1n) is 5.67. The number of fused-ring (bicyclic) bond motifs is 3. The third-order valence-corrected chi connectivity index (χ3v) is 3.72. The Kier molecular flexibility index (Phi) is 2.44. The quantitative estimate of drug-likeness (QED) is 0.747. The highest BCUT2D eigenvalue weighted by atomic mass is 32.1. The molecule has 3 aromatic rings. The molecule has 0 saturated carbocycles. The summed E-state index contributed by atoms with van der Waals surface area (Å²) in [5, 5.41) is 5.48. The van der Waals surface area contributed by atoms with Crippen LogP contribution in [0.15, 0.2) is 24.4 Å². The number of hydrogen-bond acceptors (Lipinski definition) is 4. The summed E-state index contributed by atoms with van der Waals surface area (Å²) in [6.45, 7) is 5.01. The van der Waals surface area contributed by atoms with Crippen LogP contribution < -0.4 is 5.32 Å². The minimum absolute atomic E-state index is 0.705. The van der Waals surface area contributed by atoms with E-state index in [1.54, 1.807) is 11.3 Å². The standard InChI is InChI=1S/C13H13N3S/c1-3-14-13-15-7-9-4-5-11-10(12(9)16-13)6-8(2)17-11/h4-7H,3H2,1-2H3,(H,14,15,16). The molecule has 2 heterocycles. The molecule has 0 amide bonds. The minimum Gasteiger partial charge on any atom is -0.354 e. The summed E-state index contributed by atoms with van der Waals surface area (Å²) < 4.78 is 1.29. The second kappa shape index (κ2) is 3.96. The molecule has 1 aromatic carbocycles. The molecular formula is C13H13N3S. The second-order valence-corrected chi connectivity index (χ2v) is 5.28. The van der Waals surface area contributed by atoms with Crippen molar-refractivity contribution in [3.8, 4) is 0 Å². The van der Waals surface area contributed by atoms with Crippen LogP contribution >= 0.6 is 11.3 Å². The van der Waals surface area contributed by atoms with E-state index in [0.29, 0.717) is 5.95 Å².